The molecule has 17 heavy (non-hydrogen) atoms. The molecule has 6 nitrogen and oxygen atoms in total. The summed E-state index contributed by atoms with van der Waals surface area (Å²) in [6.07, 6.45) is 8.43. The third-order valence-corrected chi connectivity index (χ3v) is 2.41. The first kappa shape index (κ1) is 16.8. The number of rotatable bonds is 0. The van der Waals surface area contributed by atoms with Crippen molar-refractivity contribution in [2.75, 3.05) is 26.2 Å². The molecule has 7 heteroatoms. The molecule has 2 aliphatic heterocycles. The Morgan fingerprint density at radius 3 is 0.941 bits per heavy atom. The first-order chi connectivity index (χ1) is 8.00. The number of nitrogens with one attached hydrogen (secondary N) is 2. The van der Waals surface area contributed by atoms with Gasteiger partial charge in [0.25, 0.3) is 0 Å². The molecule has 0 amide bonds. The molecule has 0 aromatic rings. The van der Waals surface area contributed by atoms with Crippen LogP contribution in [0.5, 0.6) is 0 Å². The molecule has 0 saturated carbocycles. The van der Waals surface area contributed by atoms with Crippen molar-refractivity contribution in [1.29, 1.82) is 0 Å². The number of hydrogen-bond donors (Lipinski definition) is 4. The highest BCUT2D eigenvalue weighted by Gasteiger charge is 1.94. The van der Waals surface area contributed by atoms with Gasteiger partial charge in [0.2, 0.25) is 0 Å². The Kier molecular flexibility index (Phi) is 10.8. The average Bonchev–Trinajstić information content (AvgIpc) is 2.32. The molecule has 0 aliphatic carbocycles. The van der Waals surface area contributed by atoms with Gasteiger partial charge < -0.3 is 10.6 Å². The van der Waals surface area contributed by atoms with Crippen LogP contribution in [0, 0.1) is 0 Å². The van der Waals surface area contributed by atoms with Crippen molar-refractivity contribution in [3.05, 3.63) is 0 Å². The summed E-state index contributed by atoms with van der Waals surface area (Å²) in [4.78, 5) is 0. The topological polar surface area (TPSA) is 98.7 Å². The molecule has 0 radical (unpaired) electrons. The van der Waals surface area contributed by atoms with Crippen LogP contribution in [0.25, 0.3) is 0 Å². The lowest BCUT2D eigenvalue weighted by Gasteiger charge is -2.08. The van der Waals surface area contributed by atoms with Crippen molar-refractivity contribution in [2.45, 2.75) is 38.5 Å². The van der Waals surface area contributed by atoms with Crippen molar-refractivity contribution in [1.82, 2.24) is 10.6 Å². The van der Waals surface area contributed by atoms with E-state index in [-0.39, 0.29) is 0 Å². The fourth-order valence-electron chi connectivity index (χ4n) is 1.60. The lowest BCUT2D eigenvalue weighted by atomic mass is 10.2. The lowest BCUT2D eigenvalue weighted by Crippen LogP contribution is -2.21. The SMILES string of the molecule is C1CCNCC1.C1CCNCC1.O=S(=O)(O)O. The first-order valence-electron chi connectivity index (χ1n) is 6.11. The predicted molar refractivity (Wildman–Crippen MR) is 67.6 cm³/mol. The van der Waals surface area contributed by atoms with Gasteiger partial charge in [0, 0.05) is 0 Å². The van der Waals surface area contributed by atoms with Crippen molar-refractivity contribution < 1.29 is 17.5 Å². The monoisotopic (exact) mass is 268 g/mol. The van der Waals surface area contributed by atoms with Crippen molar-refractivity contribution >= 4 is 10.4 Å². The van der Waals surface area contributed by atoms with Crippen LogP contribution in [-0.4, -0.2) is 43.7 Å². The van der Waals surface area contributed by atoms with Gasteiger partial charge in [0.15, 0.2) is 0 Å². The first-order valence-corrected chi connectivity index (χ1v) is 7.51. The van der Waals surface area contributed by atoms with E-state index in [4.69, 9.17) is 17.5 Å². The second-order valence-corrected chi connectivity index (χ2v) is 4.96. The third-order valence-electron chi connectivity index (χ3n) is 2.41. The van der Waals surface area contributed by atoms with Gasteiger partial charge in [0.05, 0.1) is 0 Å². The van der Waals surface area contributed by atoms with Gasteiger partial charge in [-0.25, -0.2) is 0 Å². The summed E-state index contributed by atoms with van der Waals surface area (Å²) in [5.74, 6) is 0. The molecule has 104 valence electrons. The molecule has 0 aromatic carbocycles. The zero-order valence-electron chi connectivity index (χ0n) is 10.2. The maximum absolute atomic E-state index is 8.74. The quantitative estimate of drug-likeness (QED) is 0.487. The second-order valence-electron chi connectivity index (χ2n) is 4.07. The van der Waals surface area contributed by atoms with Crippen molar-refractivity contribution in [3.8, 4) is 0 Å². The highest BCUT2D eigenvalue weighted by atomic mass is 32.3. The Morgan fingerprint density at radius 1 is 0.647 bits per heavy atom. The number of hydrogen-bond acceptors (Lipinski definition) is 4. The van der Waals surface area contributed by atoms with Crippen LogP contribution in [-0.2, 0) is 10.4 Å². The van der Waals surface area contributed by atoms with Crippen LogP contribution < -0.4 is 10.6 Å². The minimum Gasteiger partial charge on any atom is -0.317 e. The van der Waals surface area contributed by atoms with Gasteiger partial charge >= 0.3 is 10.4 Å². The summed E-state index contributed by atoms with van der Waals surface area (Å²) in [6, 6.07) is 0. The Balaban J connectivity index is 0.000000228. The van der Waals surface area contributed by atoms with Crippen LogP contribution in [0.2, 0.25) is 0 Å². The van der Waals surface area contributed by atoms with E-state index in [1.807, 2.05) is 0 Å². The highest BCUT2D eigenvalue weighted by molar-refractivity contribution is 7.79. The lowest BCUT2D eigenvalue weighted by molar-refractivity contribution is 0.381. The summed E-state index contributed by atoms with van der Waals surface area (Å²) in [7, 11) is -4.67. The molecule has 0 atom stereocenters. The summed E-state index contributed by atoms with van der Waals surface area (Å²) < 4.78 is 31.6. The minimum atomic E-state index is -4.67. The summed E-state index contributed by atoms with van der Waals surface area (Å²) in [6.45, 7) is 5.00. The molecule has 2 fully saturated rings. The van der Waals surface area contributed by atoms with Crippen LogP contribution in [0.4, 0.5) is 0 Å². The molecule has 2 aliphatic rings. The van der Waals surface area contributed by atoms with Crippen LogP contribution >= 0.6 is 0 Å². The molecule has 4 N–H and O–H groups in total. The van der Waals surface area contributed by atoms with Crippen LogP contribution in [0.15, 0.2) is 0 Å². The van der Waals surface area contributed by atoms with Gasteiger partial charge in [0.1, 0.15) is 0 Å². The van der Waals surface area contributed by atoms with Crippen LogP contribution in [0.3, 0.4) is 0 Å². The zero-order chi connectivity index (χ0) is 13.0. The molecule has 0 bridgehead atoms. The van der Waals surface area contributed by atoms with E-state index in [1.165, 1.54) is 64.7 Å². The molecule has 2 rings (SSSR count). The fourth-order valence-corrected chi connectivity index (χ4v) is 1.60. The summed E-state index contributed by atoms with van der Waals surface area (Å²) in [5.41, 5.74) is 0. The highest BCUT2D eigenvalue weighted by Crippen LogP contribution is 1.97. The van der Waals surface area contributed by atoms with E-state index in [1.54, 1.807) is 0 Å². The van der Waals surface area contributed by atoms with Gasteiger partial charge in [-0.1, -0.05) is 12.8 Å². The fraction of sp³-hybridized carbons (Fsp3) is 1.00. The van der Waals surface area contributed by atoms with Crippen molar-refractivity contribution in [2.24, 2.45) is 0 Å². The standard InChI is InChI=1S/2C5H11N.H2O4S/c2*1-2-4-6-5-3-1;1-5(2,3)4/h2*6H,1-5H2;(H2,1,2,3,4). The molecule has 0 spiro atoms. The Morgan fingerprint density at radius 2 is 0.882 bits per heavy atom. The summed E-state index contributed by atoms with van der Waals surface area (Å²) >= 11 is 0. The van der Waals surface area contributed by atoms with Crippen LogP contribution in [0.1, 0.15) is 38.5 Å². The van der Waals surface area contributed by atoms with E-state index in [2.05, 4.69) is 10.6 Å². The Labute approximate surface area is 104 Å². The van der Waals surface area contributed by atoms with Gasteiger partial charge in [-0.05, 0) is 51.9 Å². The van der Waals surface area contributed by atoms with Gasteiger partial charge in [-0.15, -0.1) is 0 Å². The average molecular weight is 268 g/mol. The maximum atomic E-state index is 8.74. The van der Waals surface area contributed by atoms with E-state index in [9.17, 15) is 0 Å². The summed E-state index contributed by atoms with van der Waals surface area (Å²) in [5, 5.41) is 6.57. The third kappa shape index (κ3) is 21.6. The minimum absolute atomic E-state index is 1.25. The van der Waals surface area contributed by atoms with E-state index < -0.39 is 10.4 Å². The van der Waals surface area contributed by atoms with E-state index in [0.717, 1.165) is 0 Å². The molecule has 2 heterocycles. The maximum Gasteiger partial charge on any atom is 0.394 e. The zero-order valence-corrected chi connectivity index (χ0v) is 11.0. The normalized spacial score (nSPS) is 20.4. The molecular formula is C10H24N2O4S. The van der Waals surface area contributed by atoms with E-state index >= 15 is 0 Å². The van der Waals surface area contributed by atoms with Crippen molar-refractivity contribution in [3.63, 3.8) is 0 Å². The second kappa shape index (κ2) is 10.9. The Hall–Kier alpha value is -0.210. The predicted octanol–water partition coefficient (Wildman–Crippen LogP) is 0.867. The molecule has 2 saturated heterocycles. The molecular weight excluding hydrogens is 244 g/mol. The van der Waals surface area contributed by atoms with Gasteiger partial charge in [-0.2, -0.15) is 8.42 Å². The van der Waals surface area contributed by atoms with E-state index in [0.29, 0.717) is 0 Å². The smallest absolute Gasteiger partial charge is 0.317 e. The van der Waals surface area contributed by atoms with Gasteiger partial charge in [-0.3, -0.25) is 9.11 Å². The molecule has 0 aromatic heterocycles. The Bertz CT molecular complexity index is 206. The number of piperidine rings is 2. The largest absolute Gasteiger partial charge is 0.394 e. The molecule has 0 unspecified atom stereocenters.